The van der Waals surface area contributed by atoms with E-state index >= 15 is 0 Å². The molecule has 0 aliphatic heterocycles. The first-order valence-electron chi connectivity index (χ1n) is 4.06. The number of rotatable bonds is 3. The van der Waals surface area contributed by atoms with Crippen LogP contribution >= 0.6 is 22.6 Å². The summed E-state index contributed by atoms with van der Waals surface area (Å²) in [7, 11) is 1.50. The zero-order valence-electron chi connectivity index (χ0n) is 8.23. The fraction of sp³-hybridized carbons (Fsp3) is 0.222. The number of hydrogen-bond acceptors (Lipinski definition) is 4. The largest absolute Gasteiger partial charge is 0.486 e. The lowest BCUT2D eigenvalue weighted by molar-refractivity contribution is -0.385. The fourth-order valence-electron chi connectivity index (χ4n) is 1.09. The summed E-state index contributed by atoms with van der Waals surface area (Å²) >= 11 is 2.01. The van der Waals surface area contributed by atoms with Gasteiger partial charge in [0.05, 0.1) is 17.7 Å². The second-order valence-electron chi connectivity index (χ2n) is 2.82. The Morgan fingerprint density at radius 2 is 2.27 bits per heavy atom. The number of aryl methyl sites for hydroxylation is 1. The molecule has 0 saturated carbocycles. The Morgan fingerprint density at radius 1 is 1.60 bits per heavy atom. The molecule has 5 nitrogen and oxygen atoms in total. The number of nitro benzene ring substituents is 1. The molecule has 0 bridgehead atoms. The minimum Gasteiger partial charge on any atom is -0.486 e. The number of non-ortho nitro benzene ring substituents is 1. The highest BCUT2D eigenvalue weighted by Crippen LogP contribution is 2.29. The van der Waals surface area contributed by atoms with Crippen LogP contribution < -0.4 is 0 Å². The van der Waals surface area contributed by atoms with Gasteiger partial charge in [0.2, 0.25) is 0 Å². The van der Waals surface area contributed by atoms with Crippen molar-refractivity contribution in [3.05, 3.63) is 31.4 Å². The maximum absolute atomic E-state index is 10.6. The molecule has 0 N–H and O–H groups in total. The van der Waals surface area contributed by atoms with E-state index < -0.39 is 4.92 Å². The molecule has 0 atom stereocenters. The van der Waals surface area contributed by atoms with Crippen molar-refractivity contribution >= 4 is 40.4 Å². The Bertz CT molecular complexity index is 395. The van der Waals surface area contributed by atoms with Gasteiger partial charge in [-0.3, -0.25) is 10.1 Å². The van der Waals surface area contributed by atoms with Gasteiger partial charge in [-0.15, -0.1) is 0 Å². The molecule has 15 heavy (non-hydrogen) atoms. The highest BCUT2D eigenvalue weighted by atomic mass is 127. The van der Waals surface area contributed by atoms with Gasteiger partial charge < -0.3 is 4.74 Å². The van der Waals surface area contributed by atoms with Crippen molar-refractivity contribution in [3.63, 3.8) is 0 Å². The second kappa shape index (κ2) is 5.06. The van der Waals surface area contributed by atoms with Crippen LogP contribution in [0.15, 0.2) is 17.1 Å². The van der Waals surface area contributed by atoms with Crippen molar-refractivity contribution in [2.75, 3.05) is 7.11 Å². The molecule has 1 rings (SSSR count). The SMILES string of the molecule is COC=Nc1c(C)cc([N+](=O)[O-])cc1I. The summed E-state index contributed by atoms with van der Waals surface area (Å²) in [4.78, 5) is 14.2. The third-order valence-electron chi connectivity index (χ3n) is 1.74. The van der Waals surface area contributed by atoms with Gasteiger partial charge in [-0.25, -0.2) is 4.99 Å². The monoisotopic (exact) mass is 320 g/mol. The van der Waals surface area contributed by atoms with Crippen molar-refractivity contribution in [1.82, 2.24) is 0 Å². The summed E-state index contributed by atoms with van der Waals surface area (Å²) in [6, 6.07) is 2.97. The predicted octanol–water partition coefficient (Wildman–Crippen LogP) is 2.81. The molecule has 80 valence electrons. The van der Waals surface area contributed by atoms with E-state index in [9.17, 15) is 10.1 Å². The van der Waals surface area contributed by atoms with Crippen LogP contribution in [0, 0.1) is 20.6 Å². The number of methoxy groups -OCH3 is 1. The van der Waals surface area contributed by atoms with Crippen molar-refractivity contribution < 1.29 is 9.66 Å². The van der Waals surface area contributed by atoms with Crippen LogP contribution in [-0.2, 0) is 4.74 Å². The fourth-order valence-corrected chi connectivity index (χ4v) is 1.98. The predicted molar refractivity (Wildman–Crippen MR) is 65.7 cm³/mol. The maximum atomic E-state index is 10.6. The van der Waals surface area contributed by atoms with Gasteiger partial charge in [0, 0.05) is 15.7 Å². The number of nitro groups is 1. The van der Waals surface area contributed by atoms with E-state index in [2.05, 4.69) is 4.99 Å². The van der Waals surface area contributed by atoms with E-state index in [1.54, 1.807) is 6.92 Å². The minimum absolute atomic E-state index is 0.0771. The molecule has 0 heterocycles. The van der Waals surface area contributed by atoms with E-state index in [-0.39, 0.29) is 5.69 Å². The molecule has 1 aromatic carbocycles. The van der Waals surface area contributed by atoms with Crippen LogP contribution in [-0.4, -0.2) is 18.4 Å². The van der Waals surface area contributed by atoms with Crippen LogP contribution in [0.4, 0.5) is 11.4 Å². The lowest BCUT2D eigenvalue weighted by Gasteiger charge is -2.02. The third kappa shape index (κ3) is 2.88. The zero-order chi connectivity index (χ0) is 11.4. The van der Waals surface area contributed by atoms with E-state index in [0.717, 1.165) is 9.13 Å². The Labute approximate surface area is 100 Å². The highest BCUT2D eigenvalue weighted by Gasteiger charge is 2.11. The van der Waals surface area contributed by atoms with Crippen LogP contribution in [0.5, 0.6) is 0 Å². The van der Waals surface area contributed by atoms with Gasteiger partial charge in [-0.2, -0.15) is 0 Å². The topological polar surface area (TPSA) is 64.7 Å². The molecule has 0 saturated heterocycles. The first kappa shape index (κ1) is 11.9. The Balaban J connectivity index is 3.21. The van der Waals surface area contributed by atoms with E-state index in [4.69, 9.17) is 4.74 Å². The standard InChI is InChI=1S/C9H9IN2O3/c1-6-3-7(12(13)14)4-8(10)9(6)11-5-15-2/h3-5H,1-2H3. The summed E-state index contributed by atoms with van der Waals surface area (Å²) in [6.07, 6.45) is 1.30. The van der Waals surface area contributed by atoms with Gasteiger partial charge >= 0.3 is 0 Å². The van der Waals surface area contributed by atoms with Crippen molar-refractivity contribution in [2.24, 2.45) is 4.99 Å². The molecular formula is C9H9IN2O3. The first-order valence-corrected chi connectivity index (χ1v) is 5.14. The number of halogens is 1. The molecule has 0 amide bonds. The zero-order valence-corrected chi connectivity index (χ0v) is 10.4. The normalized spacial score (nSPS) is 10.6. The highest BCUT2D eigenvalue weighted by molar-refractivity contribution is 14.1. The van der Waals surface area contributed by atoms with Gasteiger partial charge in [0.15, 0.2) is 6.40 Å². The van der Waals surface area contributed by atoms with E-state index in [1.807, 2.05) is 22.6 Å². The van der Waals surface area contributed by atoms with Gasteiger partial charge in [-0.1, -0.05) is 0 Å². The molecule has 0 aromatic heterocycles. The average Bonchev–Trinajstić information content (AvgIpc) is 2.16. The van der Waals surface area contributed by atoms with Gasteiger partial charge in [0.1, 0.15) is 0 Å². The number of nitrogens with zero attached hydrogens (tertiary/aromatic N) is 2. The van der Waals surface area contributed by atoms with Gasteiger partial charge in [0.25, 0.3) is 5.69 Å². The molecule has 6 heteroatoms. The van der Waals surface area contributed by atoms with Crippen LogP contribution in [0.2, 0.25) is 0 Å². The van der Waals surface area contributed by atoms with Crippen LogP contribution in [0.1, 0.15) is 5.56 Å². The summed E-state index contributed by atoms with van der Waals surface area (Å²) < 4.78 is 5.43. The number of hydrogen-bond donors (Lipinski definition) is 0. The van der Waals surface area contributed by atoms with Crippen LogP contribution in [0.3, 0.4) is 0 Å². The smallest absolute Gasteiger partial charge is 0.270 e. The molecule has 0 radical (unpaired) electrons. The van der Waals surface area contributed by atoms with Crippen LogP contribution in [0.25, 0.3) is 0 Å². The molecule has 0 spiro atoms. The van der Waals surface area contributed by atoms with Crippen molar-refractivity contribution in [2.45, 2.75) is 6.92 Å². The summed E-state index contributed by atoms with van der Waals surface area (Å²) in [5, 5.41) is 10.6. The molecular weight excluding hydrogens is 311 g/mol. The maximum Gasteiger partial charge on any atom is 0.270 e. The van der Waals surface area contributed by atoms with Crippen molar-refractivity contribution in [3.8, 4) is 0 Å². The minimum atomic E-state index is -0.418. The summed E-state index contributed by atoms with van der Waals surface area (Å²) in [5.74, 6) is 0. The lowest BCUT2D eigenvalue weighted by Crippen LogP contribution is -1.91. The quantitative estimate of drug-likeness (QED) is 0.283. The van der Waals surface area contributed by atoms with Crippen molar-refractivity contribution in [1.29, 1.82) is 0 Å². The van der Waals surface area contributed by atoms with E-state index in [0.29, 0.717) is 5.69 Å². The molecule has 1 aromatic rings. The van der Waals surface area contributed by atoms with Gasteiger partial charge in [-0.05, 0) is 35.1 Å². The molecule has 0 aliphatic rings. The van der Waals surface area contributed by atoms with E-state index in [1.165, 1.54) is 25.6 Å². The first-order chi connectivity index (χ1) is 7.06. The number of benzene rings is 1. The summed E-state index contributed by atoms with van der Waals surface area (Å²) in [6.45, 7) is 1.78. The second-order valence-corrected chi connectivity index (χ2v) is 3.98. The third-order valence-corrected chi connectivity index (χ3v) is 2.56. The molecule has 0 fully saturated rings. The Morgan fingerprint density at radius 3 is 2.73 bits per heavy atom. The molecule has 0 unspecified atom stereocenters. The lowest BCUT2D eigenvalue weighted by atomic mass is 10.2. The number of aliphatic imine (C=N–C) groups is 1. The average molecular weight is 320 g/mol. The summed E-state index contributed by atoms with van der Waals surface area (Å²) in [5.41, 5.74) is 1.53. The Hall–Kier alpha value is -1.18. The Kier molecular flexibility index (Phi) is 4.01. The number of ether oxygens (including phenoxy) is 1. The molecule has 0 aliphatic carbocycles.